The summed E-state index contributed by atoms with van der Waals surface area (Å²) in [4.78, 5) is 7.57. The van der Waals surface area contributed by atoms with Crippen LogP contribution in [0.4, 0.5) is 4.39 Å². The van der Waals surface area contributed by atoms with Crippen LogP contribution in [-0.4, -0.2) is 49.1 Å². The molecule has 1 saturated heterocycles. The molecule has 1 aromatic carbocycles. The molecule has 1 heterocycles. The Kier molecular flexibility index (Phi) is 6.19. The zero-order chi connectivity index (χ0) is 19.4. The third-order valence-electron chi connectivity index (χ3n) is 6.89. The molecule has 0 atom stereocenters. The molecule has 2 N–H and O–H groups in total. The molecule has 3 fully saturated rings. The maximum Gasteiger partial charge on any atom is 0.191 e. The van der Waals surface area contributed by atoms with Gasteiger partial charge in [-0.15, -0.1) is 0 Å². The largest absolute Gasteiger partial charge is 0.357 e. The summed E-state index contributed by atoms with van der Waals surface area (Å²) in [6, 6.07) is 8.51. The molecule has 2 aliphatic carbocycles. The van der Waals surface area contributed by atoms with E-state index >= 15 is 0 Å². The maximum absolute atomic E-state index is 14.3. The molecule has 4 rings (SSSR count). The average molecular weight is 387 g/mol. The van der Waals surface area contributed by atoms with Gasteiger partial charge in [0.05, 0.1) is 6.54 Å². The smallest absolute Gasteiger partial charge is 0.191 e. The average Bonchev–Trinajstić information content (AvgIpc) is 3.29. The molecule has 5 heteroatoms. The molecule has 28 heavy (non-hydrogen) atoms. The van der Waals surface area contributed by atoms with Gasteiger partial charge in [-0.2, -0.15) is 0 Å². The predicted octanol–water partition coefficient (Wildman–Crippen LogP) is 3.82. The minimum absolute atomic E-state index is 0.0903. The van der Waals surface area contributed by atoms with Crippen molar-refractivity contribution in [2.24, 2.45) is 4.99 Å². The Bertz CT molecular complexity index is 671. The first kappa shape index (κ1) is 19.7. The lowest BCUT2D eigenvalue weighted by molar-refractivity contribution is 0.150. The second-order valence-electron chi connectivity index (χ2n) is 8.85. The third-order valence-corrected chi connectivity index (χ3v) is 6.89. The van der Waals surface area contributed by atoms with Crippen molar-refractivity contribution in [2.45, 2.75) is 75.8 Å². The number of likely N-dealkylation sites (tertiary alicyclic amines) is 1. The van der Waals surface area contributed by atoms with E-state index < -0.39 is 0 Å². The van der Waals surface area contributed by atoms with Gasteiger partial charge in [0.2, 0.25) is 0 Å². The summed E-state index contributed by atoms with van der Waals surface area (Å²) in [7, 11) is 0. The highest BCUT2D eigenvalue weighted by Crippen LogP contribution is 2.49. The van der Waals surface area contributed by atoms with E-state index in [1.807, 2.05) is 12.1 Å². The molecule has 3 aliphatic rings. The Morgan fingerprint density at radius 1 is 1.14 bits per heavy atom. The normalized spacial score (nSPS) is 23.7. The first-order valence-electron chi connectivity index (χ1n) is 11.2. The van der Waals surface area contributed by atoms with Gasteiger partial charge < -0.3 is 15.5 Å². The van der Waals surface area contributed by atoms with Crippen molar-refractivity contribution in [2.75, 3.05) is 26.2 Å². The van der Waals surface area contributed by atoms with E-state index in [0.717, 1.165) is 37.0 Å². The molecule has 0 radical (unpaired) electrons. The Morgan fingerprint density at radius 3 is 2.50 bits per heavy atom. The monoisotopic (exact) mass is 386 g/mol. The quantitative estimate of drug-likeness (QED) is 0.577. The summed E-state index contributed by atoms with van der Waals surface area (Å²) in [6.45, 7) is 6.00. The number of nitrogens with one attached hydrogen (secondary N) is 2. The summed E-state index contributed by atoms with van der Waals surface area (Å²) >= 11 is 0. The van der Waals surface area contributed by atoms with Crippen LogP contribution in [0, 0.1) is 5.82 Å². The molecule has 0 bridgehead atoms. The van der Waals surface area contributed by atoms with E-state index in [1.165, 1.54) is 51.6 Å². The molecule has 4 nitrogen and oxygen atoms in total. The lowest BCUT2D eigenvalue weighted by Crippen LogP contribution is -2.50. The van der Waals surface area contributed by atoms with Crippen molar-refractivity contribution in [1.29, 1.82) is 0 Å². The van der Waals surface area contributed by atoms with Gasteiger partial charge in [-0.3, -0.25) is 4.99 Å². The second kappa shape index (κ2) is 8.81. The Balaban J connectivity index is 1.33. The van der Waals surface area contributed by atoms with E-state index in [4.69, 9.17) is 4.99 Å². The maximum atomic E-state index is 14.3. The Morgan fingerprint density at radius 2 is 1.86 bits per heavy atom. The third kappa shape index (κ3) is 4.51. The van der Waals surface area contributed by atoms with Crippen molar-refractivity contribution >= 4 is 5.96 Å². The molecule has 0 spiro atoms. The molecular weight excluding hydrogens is 351 g/mol. The summed E-state index contributed by atoms with van der Waals surface area (Å²) in [5, 5.41) is 7.05. The lowest BCUT2D eigenvalue weighted by Gasteiger charge is -2.36. The van der Waals surface area contributed by atoms with E-state index in [2.05, 4.69) is 22.5 Å². The number of guanidine groups is 1. The Labute approximate surface area is 169 Å². The highest BCUT2D eigenvalue weighted by Gasteiger charge is 2.45. The number of aliphatic imine (C=N–C) groups is 1. The lowest BCUT2D eigenvalue weighted by atomic mass is 9.95. The van der Waals surface area contributed by atoms with Crippen LogP contribution in [0.2, 0.25) is 0 Å². The minimum atomic E-state index is -0.0977. The molecule has 154 valence electrons. The minimum Gasteiger partial charge on any atom is -0.357 e. The highest BCUT2D eigenvalue weighted by molar-refractivity contribution is 5.80. The number of hydrogen-bond acceptors (Lipinski definition) is 2. The van der Waals surface area contributed by atoms with Gasteiger partial charge in [0.1, 0.15) is 5.82 Å². The van der Waals surface area contributed by atoms with Crippen molar-refractivity contribution in [3.05, 3.63) is 35.6 Å². The SMILES string of the molecule is CCNC(=NCC1(c2ccccc2F)CC1)NC1CCN(C2CCCC2)CC1. The zero-order valence-corrected chi connectivity index (χ0v) is 17.2. The zero-order valence-electron chi connectivity index (χ0n) is 17.2. The first-order chi connectivity index (χ1) is 13.7. The molecule has 1 aromatic rings. The van der Waals surface area contributed by atoms with Gasteiger partial charge in [0, 0.05) is 37.1 Å². The fourth-order valence-corrected chi connectivity index (χ4v) is 4.98. The summed E-state index contributed by atoms with van der Waals surface area (Å²) in [6.07, 6.45) is 10.0. The number of nitrogens with zero attached hydrogens (tertiary/aromatic N) is 2. The molecule has 2 saturated carbocycles. The van der Waals surface area contributed by atoms with Gasteiger partial charge in [-0.25, -0.2) is 4.39 Å². The van der Waals surface area contributed by atoms with Crippen molar-refractivity contribution in [3.63, 3.8) is 0 Å². The van der Waals surface area contributed by atoms with Gasteiger partial charge in [0.15, 0.2) is 5.96 Å². The number of halogens is 1. The van der Waals surface area contributed by atoms with Crippen molar-refractivity contribution in [1.82, 2.24) is 15.5 Å². The van der Waals surface area contributed by atoms with Gasteiger partial charge in [0.25, 0.3) is 0 Å². The standard InChI is InChI=1S/C23H35FN4/c1-2-25-22(26-17-23(13-14-23)20-9-5-6-10-21(20)24)27-18-11-15-28(16-12-18)19-7-3-4-8-19/h5-6,9-10,18-19H,2-4,7-8,11-17H2,1H3,(H2,25,26,27). The molecular formula is C23H35FN4. The number of rotatable bonds is 6. The fourth-order valence-electron chi connectivity index (χ4n) is 4.98. The molecule has 0 amide bonds. The molecule has 0 aromatic heterocycles. The van der Waals surface area contributed by atoms with Crippen LogP contribution in [0.25, 0.3) is 0 Å². The highest BCUT2D eigenvalue weighted by atomic mass is 19.1. The molecule has 0 unspecified atom stereocenters. The van der Waals surface area contributed by atoms with Crippen LogP contribution >= 0.6 is 0 Å². The van der Waals surface area contributed by atoms with E-state index in [1.54, 1.807) is 12.1 Å². The predicted molar refractivity (Wildman–Crippen MR) is 113 cm³/mol. The number of piperidine rings is 1. The van der Waals surface area contributed by atoms with Crippen LogP contribution in [-0.2, 0) is 5.41 Å². The van der Waals surface area contributed by atoms with Crippen molar-refractivity contribution in [3.8, 4) is 0 Å². The number of hydrogen-bond donors (Lipinski definition) is 2. The fraction of sp³-hybridized carbons (Fsp3) is 0.696. The summed E-state index contributed by atoms with van der Waals surface area (Å²) in [5.41, 5.74) is 0.735. The summed E-state index contributed by atoms with van der Waals surface area (Å²) in [5.74, 6) is 0.803. The van der Waals surface area contributed by atoms with Gasteiger partial charge in [-0.05, 0) is 57.1 Å². The molecule has 1 aliphatic heterocycles. The first-order valence-corrected chi connectivity index (χ1v) is 11.2. The van der Waals surface area contributed by atoms with Crippen LogP contribution in [0.3, 0.4) is 0 Å². The van der Waals surface area contributed by atoms with E-state index in [9.17, 15) is 4.39 Å². The topological polar surface area (TPSA) is 39.7 Å². The van der Waals surface area contributed by atoms with Gasteiger partial charge in [-0.1, -0.05) is 31.0 Å². The van der Waals surface area contributed by atoms with Crippen LogP contribution in [0.5, 0.6) is 0 Å². The van der Waals surface area contributed by atoms with E-state index in [-0.39, 0.29) is 11.2 Å². The van der Waals surface area contributed by atoms with Crippen LogP contribution in [0.1, 0.15) is 63.9 Å². The second-order valence-corrected chi connectivity index (χ2v) is 8.85. The number of benzene rings is 1. The Hall–Kier alpha value is -1.62. The van der Waals surface area contributed by atoms with Crippen LogP contribution < -0.4 is 10.6 Å². The summed E-state index contributed by atoms with van der Waals surface area (Å²) < 4.78 is 14.3. The van der Waals surface area contributed by atoms with Gasteiger partial charge >= 0.3 is 0 Å². The van der Waals surface area contributed by atoms with Crippen LogP contribution in [0.15, 0.2) is 29.3 Å². The van der Waals surface area contributed by atoms with E-state index in [0.29, 0.717) is 12.6 Å². The van der Waals surface area contributed by atoms with Crippen molar-refractivity contribution < 1.29 is 4.39 Å².